The van der Waals surface area contributed by atoms with Crippen molar-refractivity contribution in [2.45, 2.75) is 25.2 Å². The number of benzene rings is 2. The maximum Gasteiger partial charge on any atom is 0.228 e. The molecular weight excluding hydrogens is 336 g/mol. The topological polar surface area (TPSA) is 50.4 Å². The highest BCUT2D eigenvalue weighted by atomic mass is 16.5. The Bertz CT molecular complexity index is 691. The molecule has 3 rings (SSSR count). The van der Waals surface area contributed by atoms with Gasteiger partial charge in [0, 0.05) is 19.6 Å². The Balaban J connectivity index is 1.71. The van der Waals surface area contributed by atoms with E-state index < -0.39 is 5.41 Å². The van der Waals surface area contributed by atoms with Crippen LogP contribution in [-0.4, -0.2) is 39.3 Å². The van der Waals surface area contributed by atoms with Crippen LogP contribution in [0, 0.1) is 5.41 Å². The molecule has 0 bridgehead atoms. The molecule has 2 aromatic rings. The molecule has 27 heavy (non-hydrogen) atoms. The lowest BCUT2D eigenvalue weighted by molar-refractivity contribution is -0.136. The molecule has 1 unspecified atom stereocenters. The van der Waals surface area contributed by atoms with Crippen molar-refractivity contribution in [1.29, 1.82) is 0 Å². The second-order valence-corrected chi connectivity index (χ2v) is 7.47. The van der Waals surface area contributed by atoms with Crippen molar-refractivity contribution in [2.75, 3.05) is 33.4 Å². The summed E-state index contributed by atoms with van der Waals surface area (Å²) in [5, 5.41) is 6.59. The molecule has 4 nitrogen and oxygen atoms in total. The number of methoxy groups -OCH3 is 1. The van der Waals surface area contributed by atoms with Gasteiger partial charge in [0.05, 0.1) is 12.0 Å². The zero-order valence-electron chi connectivity index (χ0n) is 16.1. The largest absolute Gasteiger partial charge is 0.384 e. The van der Waals surface area contributed by atoms with Gasteiger partial charge in [-0.15, -0.1) is 0 Å². The zero-order chi connectivity index (χ0) is 19.0. The molecule has 2 N–H and O–H groups in total. The van der Waals surface area contributed by atoms with Gasteiger partial charge in [-0.25, -0.2) is 0 Å². The number of hydrogen-bond acceptors (Lipinski definition) is 3. The predicted molar refractivity (Wildman–Crippen MR) is 109 cm³/mol. The first-order chi connectivity index (χ1) is 13.2. The van der Waals surface area contributed by atoms with E-state index in [0.717, 1.165) is 32.4 Å². The number of carbonyl (C=O) groups excluding carboxylic acids is 1. The number of piperidine rings is 1. The number of rotatable bonds is 8. The molecule has 1 amide bonds. The molecule has 144 valence electrons. The van der Waals surface area contributed by atoms with E-state index in [2.05, 4.69) is 59.2 Å². The van der Waals surface area contributed by atoms with Gasteiger partial charge in [0.1, 0.15) is 0 Å². The number of carbonyl (C=O) groups is 1. The molecule has 1 aliphatic heterocycles. The second-order valence-electron chi connectivity index (χ2n) is 7.47. The molecule has 2 aromatic carbocycles. The van der Waals surface area contributed by atoms with Crippen molar-refractivity contribution in [2.24, 2.45) is 5.41 Å². The molecule has 4 heteroatoms. The fourth-order valence-electron chi connectivity index (χ4n) is 3.95. The molecule has 1 aliphatic rings. The van der Waals surface area contributed by atoms with E-state index in [4.69, 9.17) is 4.74 Å². The third-order valence-electron chi connectivity index (χ3n) is 5.57. The Morgan fingerprint density at radius 1 is 1.07 bits per heavy atom. The third-order valence-corrected chi connectivity index (χ3v) is 5.57. The fraction of sp³-hybridized carbons (Fsp3) is 0.435. The van der Waals surface area contributed by atoms with Gasteiger partial charge in [-0.2, -0.15) is 0 Å². The van der Waals surface area contributed by atoms with Crippen LogP contribution in [-0.2, 0) is 16.0 Å². The van der Waals surface area contributed by atoms with E-state index in [1.165, 1.54) is 11.1 Å². The summed E-state index contributed by atoms with van der Waals surface area (Å²) < 4.78 is 5.40. The Morgan fingerprint density at radius 2 is 1.70 bits per heavy atom. The van der Waals surface area contributed by atoms with Crippen LogP contribution in [0.3, 0.4) is 0 Å². The molecule has 1 fully saturated rings. The molecule has 0 aliphatic carbocycles. The number of amides is 1. The summed E-state index contributed by atoms with van der Waals surface area (Å²) in [7, 11) is 1.68. The smallest absolute Gasteiger partial charge is 0.228 e. The van der Waals surface area contributed by atoms with E-state index >= 15 is 0 Å². The molecule has 0 aromatic heterocycles. The van der Waals surface area contributed by atoms with Gasteiger partial charge in [-0.1, -0.05) is 60.7 Å². The minimum absolute atomic E-state index is 0.125. The number of nitrogens with one attached hydrogen (secondary N) is 2. The van der Waals surface area contributed by atoms with Crippen LogP contribution >= 0.6 is 0 Å². The van der Waals surface area contributed by atoms with Crippen LogP contribution in [0.4, 0.5) is 0 Å². The van der Waals surface area contributed by atoms with Crippen LogP contribution in [0.2, 0.25) is 0 Å². The van der Waals surface area contributed by atoms with Gasteiger partial charge in [0.15, 0.2) is 0 Å². The van der Waals surface area contributed by atoms with Crippen LogP contribution in [0.1, 0.15) is 29.9 Å². The Hall–Kier alpha value is -2.17. The lowest BCUT2D eigenvalue weighted by Gasteiger charge is -2.36. The van der Waals surface area contributed by atoms with Crippen molar-refractivity contribution in [3.8, 4) is 0 Å². The van der Waals surface area contributed by atoms with Gasteiger partial charge < -0.3 is 15.4 Å². The summed E-state index contributed by atoms with van der Waals surface area (Å²) in [6, 6.07) is 20.9. The zero-order valence-corrected chi connectivity index (χ0v) is 16.1. The maximum atomic E-state index is 13.1. The molecule has 0 radical (unpaired) electrons. The number of hydrogen-bond donors (Lipinski definition) is 2. The van der Waals surface area contributed by atoms with E-state index in [9.17, 15) is 4.79 Å². The quantitative estimate of drug-likeness (QED) is 0.755. The second kappa shape index (κ2) is 9.67. The summed E-state index contributed by atoms with van der Waals surface area (Å²) in [5.74, 6) is 0.374. The summed E-state index contributed by atoms with van der Waals surface area (Å²) in [5.41, 5.74) is 2.13. The fourth-order valence-corrected chi connectivity index (χ4v) is 3.95. The summed E-state index contributed by atoms with van der Waals surface area (Å²) in [6.07, 6.45) is 2.55. The van der Waals surface area contributed by atoms with Crippen LogP contribution in [0.25, 0.3) is 0 Å². The predicted octanol–water partition coefficient (Wildman–Crippen LogP) is 3.15. The maximum absolute atomic E-state index is 13.1. The summed E-state index contributed by atoms with van der Waals surface area (Å²) in [6.45, 7) is 2.84. The SMILES string of the molecule is COCC1(C(=O)NCC(Cc2ccccc2)c2ccccc2)CCNCC1. The molecule has 0 spiro atoms. The van der Waals surface area contributed by atoms with Gasteiger partial charge in [-0.3, -0.25) is 4.79 Å². The summed E-state index contributed by atoms with van der Waals surface area (Å²) in [4.78, 5) is 13.1. The normalized spacial score (nSPS) is 17.2. The highest BCUT2D eigenvalue weighted by Gasteiger charge is 2.39. The standard InChI is InChI=1S/C23H30N2O2/c1-27-18-23(12-14-24-15-13-23)22(26)25-17-21(20-10-6-3-7-11-20)16-19-8-4-2-5-9-19/h2-11,21,24H,12-18H2,1H3,(H,25,26). The van der Waals surface area contributed by atoms with Gasteiger partial charge in [0.2, 0.25) is 5.91 Å². The third kappa shape index (κ3) is 5.18. The van der Waals surface area contributed by atoms with Crippen LogP contribution in [0.15, 0.2) is 60.7 Å². The van der Waals surface area contributed by atoms with Gasteiger partial charge in [0.25, 0.3) is 0 Å². The van der Waals surface area contributed by atoms with Crippen molar-refractivity contribution < 1.29 is 9.53 Å². The molecular formula is C23H30N2O2. The van der Waals surface area contributed by atoms with Crippen molar-refractivity contribution >= 4 is 5.91 Å². The first-order valence-electron chi connectivity index (χ1n) is 9.80. The van der Waals surface area contributed by atoms with E-state index in [0.29, 0.717) is 13.2 Å². The first-order valence-corrected chi connectivity index (χ1v) is 9.80. The van der Waals surface area contributed by atoms with E-state index in [1.807, 2.05) is 12.1 Å². The number of ether oxygens (including phenoxy) is 1. The molecule has 1 atom stereocenters. The van der Waals surface area contributed by atoms with Crippen molar-refractivity contribution in [3.63, 3.8) is 0 Å². The van der Waals surface area contributed by atoms with Gasteiger partial charge >= 0.3 is 0 Å². The minimum Gasteiger partial charge on any atom is -0.384 e. The van der Waals surface area contributed by atoms with Crippen LogP contribution < -0.4 is 10.6 Å². The van der Waals surface area contributed by atoms with Crippen molar-refractivity contribution in [3.05, 3.63) is 71.8 Å². The van der Waals surface area contributed by atoms with E-state index in [1.54, 1.807) is 7.11 Å². The van der Waals surface area contributed by atoms with Crippen molar-refractivity contribution in [1.82, 2.24) is 10.6 Å². The molecule has 0 saturated carbocycles. The average molecular weight is 367 g/mol. The highest BCUT2D eigenvalue weighted by molar-refractivity contribution is 5.83. The Morgan fingerprint density at radius 3 is 2.33 bits per heavy atom. The summed E-state index contributed by atoms with van der Waals surface area (Å²) >= 11 is 0. The monoisotopic (exact) mass is 366 g/mol. The van der Waals surface area contributed by atoms with Gasteiger partial charge in [-0.05, 0) is 43.5 Å². The van der Waals surface area contributed by atoms with E-state index in [-0.39, 0.29) is 11.8 Å². The Kier molecular flexibility index (Phi) is 7.02. The average Bonchev–Trinajstić information content (AvgIpc) is 2.73. The molecule has 1 saturated heterocycles. The lowest BCUT2D eigenvalue weighted by Crippen LogP contribution is -2.50. The highest BCUT2D eigenvalue weighted by Crippen LogP contribution is 2.30. The minimum atomic E-state index is -0.409. The lowest BCUT2D eigenvalue weighted by atomic mass is 9.78. The van der Waals surface area contributed by atoms with Crippen LogP contribution in [0.5, 0.6) is 0 Å². The molecule has 1 heterocycles. The first kappa shape index (κ1) is 19.6. The Labute approximate surface area is 162 Å².